The highest BCUT2D eigenvalue weighted by Crippen LogP contribution is 2.29. The fourth-order valence-corrected chi connectivity index (χ4v) is 3.51. The van der Waals surface area contributed by atoms with Gasteiger partial charge in [0, 0.05) is 11.4 Å². The number of urea groups is 1. The van der Waals surface area contributed by atoms with Gasteiger partial charge in [0.25, 0.3) is 0 Å². The minimum Gasteiger partial charge on any atom is -0.461 e. The second-order valence-corrected chi connectivity index (χ2v) is 7.40. The molecule has 0 fully saturated rings. The van der Waals surface area contributed by atoms with Gasteiger partial charge in [-0.15, -0.1) is 0 Å². The van der Waals surface area contributed by atoms with Crippen molar-refractivity contribution in [2.24, 2.45) is 0 Å². The molecule has 26 heavy (non-hydrogen) atoms. The van der Waals surface area contributed by atoms with Crippen LogP contribution in [0.3, 0.4) is 0 Å². The van der Waals surface area contributed by atoms with E-state index in [2.05, 4.69) is 17.6 Å². The number of ether oxygens (including phenoxy) is 1. The molecule has 2 aromatic rings. The molecule has 1 unspecified atom stereocenters. The van der Waals surface area contributed by atoms with Crippen LogP contribution in [-0.4, -0.2) is 30.1 Å². The Hall–Kier alpha value is -2.47. The van der Waals surface area contributed by atoms with Gasteiger partial charge in [-0.05, 0) is 35.1 Å². The summed E-state index contributed by atoms with van der Waals surface area (Å²) in [7, 11) is 0. The van der Waals surface area contributed by atoms with Crippen LogP contribution < -0.4 is 10.6 Å². The van der Waals surface area contributed by atoms with Crippen LogP contribution in [0.2, 0.25) is 0 Å². The maximum atomic E-state index is 12.6. The number of hydrogen-bond donors (Lipinski definition) is 2. The van der Waals surface area contributed by atoms with Crippen LogP contribution in [0.4, 0.5) is 4.79 Å². The first-order valence-corrected chi connectivity index (χ1v) is 9.77. The van der Waals surface area contributed by atoms with Crippen LogP contribution in [-0.2, 0) is 9.53 Å². The van der Waals surface area contributed by atoms with Gasteiger partial charge >= 0.3 is 12.0 Å². The smallest absolute Gasteiger partial charge is 0.338 e. The molecule has 0 saturated carbocycles. The lowest BCUT2D eigenvalue weighted by molar-refractivity contribution is -0.138. The number of esters is 1. The molecule has 0 spiro atoms. The van der Waals surface area contributed by atoms with Gasteiger partial charge in [0.15, 0.2) is 0 Å². The van der Waals surface area contributed by atoms with E-state index in [1.165, 1.54) is 0 Å². The summed E-state index contributed by atoms with van der Waals surface area (Å²) in [5.74, 6) is 1.34. The maximum absolute atomic E-state index is 12.6. The fraction of sp³-hybridized carbons (Fsp3) is 0.300. The molecule has 1 aliphatic rings. The number of allylic oxidation sites excluding steroid dienone is 1. The molecule has 1 atom stereocenters. The summed E-state index contributed by atoms with van der Waals surface area (Å²) in [6.45, 7) is 4.15. The zero-order valence-electron chi connectivity index (χ0n) is 14.9. The molecule has 1 heterocycles. The number of rotatable bonds is 6. The van der Waals surface area contributed by atoms with Crippen molar-refractivity contribution in [3.05, 3.63) is 59.3 Å². The number of benzene rings is 2. The highest BCUT2D eigenvalue weighted by atomic mass is 32.2. The second-order valence-electron chi connectivity index (χ2n) is 6.01. The second kappa shape index (κ2) is 8.27. The molecule has 2 N–H and O–H groups in total. The minimum absolute atomic E-state index is 0.321. The van der Waals surface area contributed by atoms with E-state index in [1.54, 1.807) is 18.7 Å². The molecule has 136 valence electrons. The van der Waals surface area contributed by atoms with Gasteiger partial charge in [-0.3, -0.25) is 0 Å². The summed E-state index contributed by atoms with van der Waals surface area (Å²) in [5.41, 5.74) is 1.83. The molecule has 2 aromatic carbocycles. The summed E-state index contributed by atoms with van der Waals surface area (Å²) < 4.78 is 5.42. The predicted octanol–water partition coefficient (Wildman–Crippen LogP) is 3.76. The van der Waals surface area contributed by atoms with Crippen LogP contribution in [0, 0.1) is 0 Å². The molecule has 2 amide bonds. The Morgan fingerprint density at radius 3 is 2.73 bits per heavy atom. The van der Waals surface area contributed by atoms with Crippen LogP contribution in [0.1, 0.15) is 25.5 Å². The number of carbonyl (C=O) groups excluding carboxylic acids is 2. The summed E-state index contributed by atoms with van der Waals surface area (Å²) >= 11 is 1.72. The van der Waals surface area contributed by atoms with E-state index in [9.17, 15) is 9.59 Å². The molecule has 5 nitrogen and oxygen atoms in total. The highest BCUT2D eigenvalue weighted by Gasteiger charge is 2.32. The van der Waals surface area contributed by atoms with Crippen LogP contribution in [0.25, 0.3) is 10.8 Å². The van der Waals surface area contributed by atoms with E-state index in [0.717, 1.165) is 27.8 Å². The van der Waals surface area contributed by atoms with E-state index >= 15 is 0 Å². The van der Waals surface area contributed by atoms with Crippen molar-refractivity contribution in [1.82, 2.24) is 10.6 Å². The van der Waals surface area contributed by atoms with Crippen LogP contribution >= 0.6 is 11.8 Å². The first kappa shape index (κ1) is 18.3. The van der Waals surface area contributed by atoms with Crippen molar-refractivity contribution in [1.29, 1.82) is 0 Å². The monoisotopic (exact) mass is 370 g/mol. The number of thioether (sulfide) groups is 1. The van der Waals surface area contributed by atoms with E-state index in [1.807, 2.05) is 42.5 Å². The van der Waals surface area contributed by atoms with Gasteiger partial charge in [0.2, 0.25) is 0 Å². The van der Waals surface area contributed by atoms with E-state index in [-0.39, 0.29) is 6.03 Å². The van der Waals surface area contributed by atoms with Gasteiger partial charge in [-0.25, -0.2) is 9.59 Å². The SMILES string of the molecule is CCSCCOC(=O)C1=C(C)NC(=O)NC1c1ccc2ccccc2c1. The topological polar surface area (TPSA) is 67.4 Å². The third kappa shape index (κ3) is 4.02. The largest absolute Gasteiger partial charge is 0.461 e. The Balaban J connectivity index is 1.89. The molecule has 6 heteroatoms. The molecule has 0 saturated heterocycles. The van der Waals surface area contributed by atoms with Crippen LogP contribution in [0.15, 0.2) is 53.7 Å². The standard InChI is InChI=1S/C20H22N2O3S/c1-3-26-11-10-25-19(23)17-13(2)21-20(24)22-18(17)16-9-8-14-6-4-5-7-15(14)12-16/h4-9,12,18H,3,10-11H2,1-2H3,(H2,21,22,24). The average molecular weight is 370 g/mol. The highest BCUT2D eigenvalue weighted by molar-refractivity contribution is 7.99. The first-order chi connectivity index (χ1) is 12.6. The molecule has 0 aromatic heterocycles. The average Bonchev–Trinajstić information content (AvgIpc) is 2.64. The van der Waals surface area contributed by atoms with Crippen molar-refractivity contribution in [2.75, 3.05) is 18.1 Å². The van der Waals surface area contributed by atoms with Gasteiger partial charge in [-0.1, -0.05) is 43.3 Å². The van der Waals surface area contributed by atoms with Crippen molar-refractivity contribution in [3.8, 4) is 0 Å². The normalized spacial score (nSPS) is 17.0. The van der Waals surface area contributed by atoms with E-state index in [0.29, 0.717) is 17.9 Å². The number of carbonyl (C=O) groups is 2. The number of hydrogen-bond acceptors (Lipinski definition) is 4. The fourth-order valence-electron chi connectivity index (χ4n) is 3.02. The molecule has 0 bridgehead atoms. The van der Waals surface area contributed by atoms with Gasteiger partial charge < -0.3 is 15.4 Å². The molecule has 1 aliphatic heterocycles. The van der Waals surface area contributed by atoms with Crippen molar-refractivity contribution < 1.29 is 14.3 Å². The quantitative estimate of drug-likeness (QED) is 0.600. The lowest BCUT2D eigenvalue weighted by Crippen LogP contribution is -2.45. The van der Waals surface area contributed by atoms with Crippen LogP contribution in [0.5, 0.6) is 0 Å². The Kier molecular flexibility index (Phi) is 5.83. The van der Waals surface area contributed by atoms with Crippen molar-refractivity contribution >= 4 is 34.5 Å². The molecule has 0 radical (unpaired) electrons. The van der Waals surface area contributed by atoms with Gasteiger partial charge in [0.05, 0.1) is 11.6 Å². The lowest BCUT2D eigenvalue weighted by atomic mass is 9.94. The molecule has 0 aliphatic carbocycles. The summed E-state index contributed by atoms with van der Waals surface area (Å²) in [6, 6.07) is 13.1. The Morgan fingerprint density at radius 2 is 1.96 bits per heavy atom. The zero-order chi connectivity index (χ0) is 18.5. The minimum atomic E-state index is -0.528. The van der Waals surface area contributed by atoms with E-state index in [4.69, 9.17) is 4.74 Å². The summed E-state index contributed by atoms with van der Waals surface area (Å²) in [4.78, 5) is 24.6. The summed E-state index contributed by atoms with van der Waals surface area (Å²) in [6.07, 6.45) is 0. The number of amides is 2. The molecular formula is C20H22N2O3S. The first-order valence-electron chi connectivity index (χ1n) is 8.62. The third-order valence-corrected chi connectivity index (χ3v) is 5.12. The zero-order valence-corrected chi connectivity index (χ0v) is 15.7. The Morgan fingerprint density at radius 1 is 1.19 bits per heavy atom. The summed E-state index contributed by atoms with van der Waals surface area (Å²) in [5, 5.41) is 7.69. The predicted molar refractivity (Wildman–Crippen MR) is 105 cm³/mol. The van der Waals surface area contributed by atoms with Gasteiger partial charge in [0.1, 0.15) is 6.61 Å². The van der Waals surface area contributed by atoms with Crippen molar-refractivity contribution in [2.45, 2.75) is 19.9 Å². The van der Waals surface area contributed by atoms with Crippen molar-refractivity contribution in [3.63, 3.8) is 0 Å². The van der Waals surface area contributed by atoms with Gasteiger partial charge in [-0.2, -0.15) is 11.8 Å². The number of fused-ring (bicyclic) bond motifs is 1. The molecular weight excluding hydrogens is 348 g/mol. The lowest BCUT2D eigenvalue weighted by Gasteiger charge is -2.28. The Labute approximate surface area is 157 Å². The number of nitrogens with one attached hydrogen (secondary N) is 2. The third-order valence-electron chi connectivity index (χ3n) is 4.26. The molecule has 3 rings (SSSR count). The van der Waals surface area contributed by atoms with E-state index < -0.39 is 12.0 Å². The Bertz CT molecular complexity index is 863. The maximum Gasteiger partial charge on any atom is 0.338 e.